The second-order valence-electron chi connectivity index (χ2n) is 4.08. The molecule has 1 saturated heterocycles. The summed E-state index contributed by atoms with van der Waals surface area (Å²) >= 11 is 0. The highest BCUT2D eigenvalue weighted by atomic mass is 16.5. The molecule has 1 N–H and O–H groups in total. The number of nitrogens with zero attached hydrogens (tertiary/aromatic N) is 1. The molecule has 0 aromatic rings. The van der Waals surface area contributed by atoms with Crippen molar-refractivity contribution in [3.05, 3.63) is 0 Å². The van der Waals surface area contributed by atoms with Gasteiger partial charge in [0.15, 0.2) is 0 Å². The van der Waals surface area contributed by atoms with Crippen molar-refractivity contribution < 1.29 is 24.2 Å². The van der Waals surface area contributed by atoms with Gasteiger partial charge in [-0.2, -0.15) is 0 Å². The van der Waals surface area contributed by atoms with Crippen LogP contribution in [0.3, 0.4) is 0 Å². The van der Waals surface area contributed by atoms with Crippen molar-refractivity contribution in [2.24, 2.45) is 0 Å². The summed E-state index contributed by atoms with van der Waals surface area (Å²) in [5.74, 6) is -1.09. The van der Waals surface area contributed by atoms with Crippen LogP contribution in [-0.4, -0.2) is 61.4 Å². The van der Waals surface area contributed by atoms with Gasteiger partial charge in [0.2, 0.25) is 5.91 Å². The third-order valence-electron chi connectivity index (χ3n) is 2.70. The van der Waals surface area contributed by atoms with Gasteiger partial charge in [-0.05, 0) is 12.8 Å². The van der Waals surface area contributed by atoms with Crippen LogP contribution in [0.25, 0.3) is 0 Å². The van der Waals surface area contributed by atoms with Gasteiger partial charge in [0, 0.05) is 26.8 Å². The van der Waals surface area contributed by atoms with E-state index in [-0.39, 0.29) is 31.6 Å². The van der Waals surface area contributed by atoms with Crippen molar-refractivity contribution >= 4 is 11.9 Å². The molecule has 1 amide bonds. The lowest BCUT2D eigenvalue weighted by Gasteiger charge is -2.23. The number of hydrogen-bond donors (Lipinski definition) is 1. The minimum Gasteiger partial charge on any atom is -0.481 e. The lowest BCUT2D eigenvalue weighted by atomic mass is 10.1. The van der Waals surface area contributed by atoms with E-state index in [4.69, 9.17) is 14.6 Å². The number of amides is 1. The topological polar surface area (TPSA) is 76.1 Å². The molecule has 0 bridgehead atoms. The third-order valence-corrected chi connectivity index (χ3v) is 2.70. The van der Waals surface area contributed by atoms with Crippen LogP contribution in [0.15, 0.2) is 0 Å². The van der Waals surface area contributed by atoms with E-state index in [2.05, 4.69) is 0 Å². The Morgan fingerprint density at radius 2 is 2.06 bits per heavy atom. The molecule has 1 aliphatic rings. The standard InChI is InChI=1S/C11H19NO5/c1-12(5-2-11(14)15)10(13)8-17-9-3-6-16-7-4-9/h9H,2-8H2,1H3,(H,14,15). The first-order chi connectivity index (χ1) is 8.09. The smallest absolute Gasteiger partial charge is 0.305 e. The number of likely N-dealkylation sites (N-methyl/N-ethyl adjacent to an activating group) is 1. The monoisotopic (exact) mass is 245 g/mol. The summed E-state index contributed by atoms with van der Waals surface area (Å²) in [6.07, 6.45) is 1.66. The third kappa shape index (κ3) is 5.65. The van der Waals surface area contributed by atoms with Gasteiger partial charge >= 0.3 is 5.97 Å². The molecule has 0 spiro atoms. The second kappa shape index (κ2) is 7.24. The number of aliphatic carboxylic acids is 1. The average molecular weight is 245 g/mol. The first kappa shape index (κ1) is 13.9. The fourth-order valence-electron chi connectivity index (χ4n) is 1.53. The number of ether oxygens (including phenoxy) is 2. The van der Waals surface area contributed by atoms with Gasteiger partial charge in [-0.1, -0.05) is 0 Å². The molecule has 1 aliphatic heterocycles. The van der Waals surface area contributed by atoms with Gasteiger partial charge in [-0.25, -0.2) is 0 Å². The van der Waals surface area contributed by atoms with Crippen molar-refractivity contribution in [2.45, 2.75) is 25.4 Å². The highest BCUT2D eigenvalue weighted by Gasteiger charge is 2.17. The summed E-state index contributed by atoms with van der Waals surface area (Å²) in [6.45, 7) is 1.58. The number of carbonyl (C=O) groups excluding carboxylic acids is 1. The van der Waals surface area contributed by atoms with Crippen molar-refractivity contribution in [1.82, 2.24) is 4.90 Å². The first-order valence-corrected chi connectivity index (χ1v) is 5.74. The summed E-state index contributed by atoms with van der Waals surface area (Å²) in [5.41, 5.74) is 0. The van der Waals surface area contributed by atoms with Crippen LogP contribution in [0.2, 0.25) is 0 Å². The maximum Gasteiger partial charge on any atom is 0.305 e. The van der Waals surface area contributed by atoms with Gasteiger partial charge in [0.1, 0.15) is 6.61 Å². The lowest BCUT2D eigenvalue weighted by Crippen LogP contribution is -2.34. The van der Waals surface area contributed by atoms with Gasteiger partial charge in [-0.15, -0.1) is 0 Å². The molecule has 0 aromatic carbocycles. The van der Waals surface area contributed by atoms with Crippen molar-refractivity contribution in [3.8, 4) is 0 Å². The quantitative estimate of drug-likeness (QED) is 0.719. The van der Waals surface area contributed by atoms with Gasteiger partial charge in [0.25, 0.3) is 0 Å². The highest BCUT2D eigenvalue weighted by molar-refractivity contribution is 5.77. The molecular formula is C11H19NO5. The number of carboxylic acid groups (broad SMARTS) is 1. The molecule has 6 heteroatoms. The number of hydrogen-bond acceptors (Lipinski definition) is 4. The highest BCUT2D eigenvalue weighted by Crippen LogP contribution is 2.10. The van der Waals surface area contributed by atoms with Crippen LogP contribution in [0.4, 0.5) is 0 Å². The molecule has 6 nitrogen and oxygen atoms in total. The minimum atomic E-state index is -0.907. The average Bonchev–Trinajstić information content (AvgIpc) is 2.34. The first-order valence-electron chi connectivity index (χ1n) is 5.74. The maximum absolute atomic E-state index is 11.6. The van der Waals surface area contributed by atoms with E-state index in [9.17, 15) is 9.59 Å². The zero-order valence-electron chi connectivity index (χ0n) is 10.1. The number of rotatable bonds is 6. The van der Waals surface area contributed by atoms with E-state index in [1.165, 1.54) is 4.90 Å². The lowest BCUT2D eigenvalue weighted by molar-refractivity contribution is -0.141. The Morgan fingerprint density at radius 1 is 1.41 bits per heavy atom. The summed E-state index contributed by atoms with van der Waals surface area (Å²) in [7, 11) is 1.58. The van der Waals surface area contributed by atoms with Crippen LogP contribution in [-0.2, 0) is 19.1 Å². The van der Waals surface area contributed by atoms with Gasteiger partial charge in [0.05, 0.1) is 12.5 Å². The summed E-state index contributed by atoms with van der Waals surface area (Å²) in [6, 6.07) is 0. The molecule has 0 aromatic heterocycles. The van der Waals surface area contributed by atoms with E-state index in [1.54, 1.807) is 7.05 Å². The molecule has 0 atom stereocenters. The Kier molecular flexibility index (Phi) is 5.93. The molecule has 1 fully saturated rings. The summed E-state index contributed by atoms with van der Waals surface area (Å²) in [4.78, 5) is 23.3. The normalized spacial score (nSPS) is 16.8. The van der Waals surface area contributed by atoms with E-state index in [1.807, 2.05) is 0 Å². The fourth-order valence-corrected chi connectivity index (χ4v) is 1.53. The predicted molar refractivity (Wildman–Crippen MR) is 59.7 cm³/mol. The summed E-state index contributed by atoms with van der Waals surface area (Å²) < 4.78 is 10.6. The maximum atomic E-state index is 11.6. The number of carbonyl (C=O) groups is 2. The van der Waals surface area contributed by atoms with E-state index in [0.717, 1.165) is 12.8 Å². The Bertz CT molecular complexity index is 263. The molecule has 0 saturated carbocycles. The van der Waals surface area contributed by atoms with E-state index >= 15 is 0 Å². The zero-order valence-corrected chi connectivity index (χ0v) is 10.1. The largest absolute Gasteiger partial charge is 0.481 e. The van der Waals surface area contributed by atoms with Crippen molar-refractivity contribution in [3.63, 3.8) is 0 Å². The van der Waals surface area contributed by atoms with Crippen LogP contribution in [0.5, 0.6) is 0 Å². The molecule has 98 valence electrons. The van der Waals surface area contributed by atoms with Crippen molar-refractivity contribution in [1.29, 1.82) is 0 Å². The zero-order chi connectivity index (χ0) is 12.7. The van der Waals surface area contributed by atoms with Gasteiger partial charge < -0.3 is 19.5 Å². The van der Waals surface area contributed by atoms with Crippen LogP contribution in [0, 0.1) is 0 Å². The molecule has 1 rings (SSSR count). The Morgan fingerprint density at radius 3 is 2.65 bits per heavy atom. The predicted octanol–water partition coefficient (Wildman–Crippen LogP) is 0.115. The summed E-state index contributed by atoms with van der Waals surface area (Å²) in [5, 5.41) is 8.49. The number of carboxylic acids is 1. The SMILES string of the molecule is CN(CCC(=O)O)C(=O)COC1CCOCC1. The van der Waals surface area contributed by atoms with E-state index < -0.39 is 5.97 Å². The second-order valence-corrected chi connectivity index (χ2v) is 4.08. The Balaban J connectivity index is 2.16. The Labute approximate surface area is 100 Å². The van der Waals surface area contributed by atoms with Gasteiger partial charge in [-0.3, -0.25) is 9.59 Å². The van der Waals surface area contributed by atoms with E-state index in [0.29, 0.717) is 13.2 Å². The molecule has 0 aliphatic carbocycles. The Hall–Kier alpha value is -1.14. The molecule has 1 heterocycles. The fraction of sp³-hybridized carbons (Fsp3) is 0.818. The van der Waals surface area contributed by atoms with Crippen LogP contribution < -0.4 is 0 Å². The minimum absolute atomic E-state index is 0.0147. The molecular weight excluding hydrogens is 226 g/mol. The molecule has 17 heavy (non-hydrogen) atoms. The molecule has 0 unspecified atom stereocenters. The molecule has 0 radical (unpaired) electrons. The van der Waals surface area contributed by atoms with Crippen LogP contribution >= 0.6 is 0 Å². The van der Waals surface area contributed by atoms with Crippen LogP contribution in [0.1, 0.15) is 19.3 Å². The van der Waals surface area contributed by atoms with Crippen molar-refractivity contribution in [2.75, 3.05) is 33.4 Å².